The first kappa shape index (κ1) is 15.4. The van der Waals surface area contributed by atoms with Crippen molar-refractivity contribution in [1.29, 1.82) is 0 Å². The highest BCUT2D eigenvalue weighted by Gasteiger charge is 2.14. The molecule has 4 heteroatoms. The molecule has 21 heavy (non-hydrogen) atoms. The highest BCUT2D eigenvalue weighted by atomic mass is 16.5. The van der Waals surface area contributed by atoms with Gasteiger partial charge in [0, 0.05) is 19.5 Å². The van der Waals surface area contributed by atoms with E-state index in [-0.39, 0.29) is 11.8 Å². The maximum atomic E-state index is 12.0. The number of rotatable bonds is 6. The molecule has 1 aliphatic rings. The van der Waals surface area contributed by atoms with Gasteiger partial charge in [0.15, 0.2) is 0 Å². The largest absolute Gasteiger partial charge is 0.378 e. The minimum absolute atomic E-state index is 0.0243. The van der Waals surface area contributed by atoms with Crippen LogP contribution < -0.4 is 0 Å². The highest BCUT2D eigenvalue weighted by molar-refractivity contribution is 5.87. The first-order chi connectivity index (χ1) is 10.3. The van der Waals surface area contributed by atoms with Gasteiger partial charge in [0.25, 0.3) is 0 Å². The van der Waals surface area contributed by atoms with Gasteiger partial charge in [0.05, 0.1) is 13.2 Å². The van der Waals surface area contributed by atoms with Crippen LogP contribution in [0.25, 0.3) is 0 Å². The molecule has 0 saturated carbocycles. The maximum Gasteiger partial charge on any atom is 0.246 e. The molecule has 0 aliphatic carbocycles. The fraction of sp³-hybridized carbons (Fsp3) is 0.412. The lowest BCUT2D eigenvalue weighted by molar-refractivity contribution is -0.130. The molecule has 0 N–H and O–H groups in total. The van der Waals surface area contributed by atoms with Crippen LogP contribution in [0.5, 0.6) is 0 Å². The lowest BCUT2D eigenvalue weighted by Crippen LogP contribution is -2.39. The predicted octanol–water partition coefficient (Wildman–Crippen LogP) is 2.16. The summed E-state index contributed by atoms with van der Waals surface area (Å²) in [6.07, 6.45) is 5.60. The third kappa shape index (κ3) is 4.83. The van der Waals surface area contributed by atoms with Crippen molar-refractivity contribution in [2.75, 3.05) is 26.3 Å². The number of morpholine rings is 1. The van der Waals surface area contributed by atoms with Gasteiger partial charge in [0.1, 0.15) is 6.29 Å². The average molecular weight is 287 g/mol. The lowest BCUT2D eigenvalue weighted by Gasteiger charge is -2.25. The molecule has 1 amide bonds. The van der Waals surface area contributed by atoms with Crippen LogP contribution in [-0.4, -0.2) is 43.4 Å². The van der Waals surface area contributed by atoms with E-state index in [0.29, 0.717) is 39.1 Å². The summed E-state index contributed by atoms with van der Waals surface area (Å²) in [5.74, 6) is 0.161. The van der Waals surface area contributed by atoms with E-state index in [1.807, 2.05) is 36.4 Å². The van der Waals surface area contributed by atoms with Crippen LogP contribution in [0.4, 0.5) is 0 Å². The van der Waals surface area contributed by atoms with E-state index in [9.17, 15) is 9.59 Å². The first-order valence-electron chi connectivity index (χ1n) is 7.33. The van der Waals surface area contributed by atoms with Crippen LogP contribution in [0.1, 0.15) is 24.3 Å². The molecule has 1 aliphatic heterocycles. The highest BCUT2D eigenvalue weighted by Crippen LogP contribution is 2.22. The zero-order valence-corrected chi connectivity index (χ0v) is 12.1. The Morgan fingerprint density at radius 2 is 1.90 bits per heavy atom. The van der Waals surface area contributed by atoms with Crippen LogP contribution >= 0.6 is 0 Å². The van der Waals surface area contributed by atoms with E-state index in [0.717, 1.165) is 11.8 Å². The summed E-state index contributed by atoms with van der Waals surface area (Å²) in [5, 5.41) is 0. The molecule has 2 rings (SSSR count). The van der Waals surface area contributed by atoms with Crippen molar-refractivity contribution < 1.29 is 14.3 Å². The number of carbonyl (C=O) groups excluding carboxylic acids is 2. The number of aldehydes is 1. The van der Waals surface area contributed by atoms with E-state index >= 15 is 0 Å². The van der Waals surface area contributed by atoms with Gasteiger partial charge in [-0.3, -0.25) is 4.79 Å². The molecule has 0 spiro atoms. The minimum atomic E-state index is 0.0243. The quantitative estimate of drug-likeness (QED) is 0.595. The van der Waals surface area contributed by atoms with Crippen molar-refractivity contribution in [3.63, 3.8) is 0 Å². The summed E-state index contributed by atoms with van der Waals surface area (Å²) < 4.78 is 5.23. The molecule has 0 bridgehead atoms. The summed E-state index contributed by atoms with van der Waals surface area (Å²) in [6, 6.07) is 9.93. The van der Waals surface area contributed by atoms with Gasteiger partial charge in [0.2, 0.25) is 5.91 Å². The fourth-order valence-corrected chi connectivity index (χ4v) is 2.43. The number of benzene rings is 1. The number of ether oxygens (including phenoxy) is 1. The number of hydrogen-bond acceptors (Lipinski definition) is 3. The molecular weight excluding hydrogens is 266 g/mol. The molecule has 1 saturated heterocycles. The van der Waals surface area contributed by atoms with Crippen molar-refractivity contribution in [3.8, 4) is 0 Å². The van der Waals surface area contributed by atoms with E-state index in [4.69, 9.17) is 4.74 Å². The number of hydrogen-bond donors (Lipinski definition) is 0. The van der Waals surface area contributed by atoms with Crippen LogP contribution in [0.3, 0.4) is 0 Å². The summed E-state index contributed by atoms with van der Waals surface area (Å²) >= 11 is 0. The van der Waals surface area contributed by atoms with Crippen molar-refractivity contribution in [1.82, 2.24) is 4.90 Å². The second kappa shape index (κ2) is 8.37. The normalized spacial score (nSPS) is 16.9. The third-order valence-electron chi connectivity index (χ3n) is 3.66. The van der Waals surface area contributed by atoms with Gasteiger partial charge >= 0.3 is 0 Å². The third-order valence-corrected chi connectivity index (χ3v) is 3.66. The van der Waals surface area contributed by atoms with Crippen molar-refractivity contribution in [3.05, 3.63) is 48.0 Å². The molecular formula is C17H21NO3. The van der Waals surface area contributed by atoms with Crippen LogP contribution in [0, 0.1) is 0 Å². The van der Waals surface area contributed by atoms with Crippen molar-refractivity contribution in [2.45, 2.75) is 18.8 Å². The van der Waals surface area contributed by atoms with E-state index in [1.54, 1.807) is 11.0 Å². The second-order valence-electron chi connectivity index (χ2n) is 5.09. The number of allylic oxidation sites excluding steroid dienone is 1. The monoisotopic (exact) mass is 287 g/mol. The van der Waals surface area contributed by atoms with Crippen LogP contribution in [0.2, 0.25) is 0 Å². The Kier molecular flexibility index (Phi) is 6.16. The lowest BCUT2D eigenvalue weighted by atomic mass is 9.93. The zero-order valence-electron chi connectivity index (χ0n) is 12.1. The Bertz CT molecular complexity index is 478. The number of amides is 1. The maximum absolute atomic E-state index is 12.0. The Hall–Kier alpha value is -1.94. The molecule has 4 nitrogen and oxygen atoms in total. The molecule has 1 unspecified atom stereocenters. The molecule has 1 fully saturated rings. The summed E-state index contributed by atoms with van der Waals surface area (Å²) in [5.41, 5.74) is 1.13. The molecule has 1 heterocycles. The molecule has 1 aromatic rings. The predicted molar refractivity (Wildman–Crippen MR) is 81.0 cm³/mol. The van der Waals surface area contributed by atoms with E-state index in [2.05, 4.69) is 0 Å². The summed E-state index contributed by atoms with van der Waals surface area (Å²) in [6.45, 7) is 2.52. The summed E-state index contributed by atoms with van der Waals surface area (Å²) in [4.78, 5) is 24.6. The van der Waals surface area contributed by atoms with E-state index < -0.39 is 0 Å². The van der Waals surface area contributed by atoms with Gasteiger partial charge in [-0.1, -0.05) is 36.4 Å². The van der Waals surface area contributed by atoms with Gasteiger partial charge in [-0.15, -0.1) is 0 Å². The molecule has 0 radical (unpaired) electrons. The van der Waals surface area contributed by atoms with Gasteiger partial charge < -0.3 is 14.4 Å². The average Bonchev–Trinajstić information content (AvgIpc) is 2.55. The van der Waals surface area contributed by atoms with Gasteiger partial charge in [-0.25, -0.2) is 0 Å². The molecule has 112 valence electrons. The Morgan fingerprint density at radius 3 is 2.57 bits per heavy atom. The Labute approximate surface area is 125 Å². The molecule has 1 aromatic carbocycles. The molecule has 0 aromatic heterocycles. The van der Waals surface area contributed by atoms with Crippen molar-refractivity contribution in [2.24, 2.45) is 0 Å². The Balaban J connectivity index is 1.90. The van der Waals surface area contributed by atoms with Crippen LogP contribution in [0.15, 0.2) is 42.5 Å². The Morgan fingerprint density at radius 1 is 1.19 bits per heavy atom. The first-order valence-corrected chi connectivity index (χ1v) is 7.33. The summed E-state index contributed by atoms with van der Waals surface area (Å²) in [7, 11) is 0. The van der Waals surface area contributed by atoms with E-state index in [1.165, 1.54) is 0 Å². The standard InChI is InChI=1S/C17H21NO3/c19-12-9-16(15-5-2-1-3-6-15)7-4-8-17(20)18-10-13-21-14-11-18/h1-6,8,12,16H,7,9-11,13-14H2/b8-4+. The van der Waals surface area contributed by atoms with Gasteiger partial charge in [-0.05, 0) is 24.0 Å². The zero-order chi connectivity index (χ0) is 14.9. The minimum Gasteiger partial charge on any atom is -0.378 e. The van der Waals surface area contributed by atoms with Gasteiger partial charge in [-0.2, -0.15) is 0 Å². The second-order valence-corrected chi connectivity index (χ2v) is 5.09. The smallest absolute Gasteiger partial charge is 0.246 e. The number of carbonyl (C=O) groups is 2. The number of nitrogens with zero attached hydrogens (tertiary/aromatic N) is 1. The van der Waals surface area contributed by atoms with Crippen molar-refractivity contribution >= 4 is 12.2 Å². The topological polar surface area (TPSA) is 46.6 Å². The molecule has 1 atom stereocenters. The van der Waals surface area contributed by atoms with Crippen LogP contribution in [-0.2, 0) is 14.3 Å². The fourth-order valence-electron chi connectivity index (χ4n) is 2.43. The SMILES string of the molecule is O=CCC(C/C=C/C(=O)N1CCOCC1)c1ccccc1.